The summed E-state index contributed by atoms with van der Waals surface area (Å²) in [6.07, 6.45) is -1.03. The first kappa shape index (κ1) is 13.3. The Hall–Kier alpha value is -2.18. The molecule has 0 spiro atoms. The van der Waals surface area contributed by atoms with Gasteiger partial charge in [0.05, 0.1) is 6.04 Å². The van der Waals surface area contributed by atoms with E-state index in [4.69, 9.17) is 5.73 Å². The maximum atomic E-state index is 13.0. The second-order valence-electron chi connectivity index (χ2n) is 4.31. The predicted octanol–water partition coefficient (Wildman–Crippen LogP) is 2.51. The van der Waals surface area contributed by atoms with E-state index in [0.717, 1.165) is 0 Å². The summed E-state index contributed by atoms with van der Waals surface area (Å²) < 4.78 is 27.6. The summed E-state index contributed by atoms with van der Waals surface area (Å²) in [5.74, 6) is 0.664. The van der Waals surface area contributed by atoms with Gasteiger partial charge >= 0.3 is 0 Å². The summed E-state index contributed by atoms with van der Waals surface area (Å²) in [5.41, 5.74) is 6.07. The van der Waals surface area contributed by atoms with Gasteiger partial charge in [0.2, 0.25) is 0 Å². The number of nitrogens with two attached hydrogens (primary N) is 1. The molecule has 1 atom stereocenters. The molecule has 19 heavy (non-hydrogen) atoms. The molecule has 7 heteroatoms. The first-order valence-electron chi connectivity index (χ1n) is 5.77. The maximum Gasteiger partial charge on any atom is 0.265 e. The Labute approximate surface area is 109 Å². The van der Waals surface area contributed by atoms with Gasteiger partial charge in [-0.3, -0.25) is 0 Å². The van der Waals surface area contributed by atoms with E-state index in [0.29, 0.717) is 17.2 Å². The Morgan fingerprint density at radius 1 is 1.37 bits per heavy atom. The quantitative estimate of drug-likeness (QED) is 0.835. The van der Waals surface area contributed by atoms with Crippen molar-refractivity contribution in [3.05, 3.63) is 35.9 Å². The lowest BCUT2D eigenvalue weighted by Gasteiger charge is -2.17. The van der Waals surface area contributed by atoms with Crippen LogP contribution in [-0.4, -0.2) is 14.8 Å². The lowest BCUT2D eigenvalue weighted by atomic mass is 10.1. The number of halogens is 2. The third-order valence-corrected chi connectivity index (χ3v) is 2.82. The van der Waals surface area contributed by atoms with E-state index in [9.17, 15) is 8.78 Å². The molecule has 3 N–H and O–H groups in total. The summed E-state index contributed by atoms with van der Waals surface area (Å²) in [6.45, 7) is 1.83. The van der Waals surface area contributed by atoms with Crippen LogP contribution in [0.2, 0.25) is 0 Å². The minimum Gasteiger partial charge on any atom is -0.399 e. The Morgan fingerprint density at radius 3 is 2.68 bits per heavy atom. The van der Waals surface area contributed by atoms with Crippen LogP contribution in [-0.2, 0) is 7.05 Å². The largest absolute Gasteiger partial charge is 0.399 e. The molecular formula is C12H15F2N5. The first-order valence-corrected chi connectivity index (χ1v) is 5.77. The maximum absolute atomic E-state index is 13.0. The molecule has 0 fully saturated rings. The number of rotatable bonds is 4. The smallest absolute Gasteiger partial charge is 0.265 e. The van der Waals surface area contributed by atoms with E-state index in [1.54, 1.807) is 30.1 Å². The van der Waals surface area contributed by atoms with Crippen molar-refractivity contribution < 1.29 is 8.78 Å². The number of alkyl halides is 2. The zero-order valence-corrected chi connectivity index (χ0v) is 10.6. The van der Waals surface area contributed by atoms with Crippen molar-refractivity contribution in [1.29, 1.82) is 0 Å². The van der Waals surface area contributed by atoms with Crippen LogP contribution in [0.3, 0.4) is 0 Å². The van der Waals surface area contributed by atoms with Crippen LogP contribution in [0.4, 0.5) is 20.2 Å². The summed E-state index contributed by atoms with van der Waals surface area (Å²) >= 11 is 0. The Bertz CT molecular complexity index is 567. The average molecular weight is 267 g/mol. The minimum atomic E-state index is -2.59. The molecule has 1 unspecified atom stereocenters. The molecule has 1 aromatic heterocycles. The van der Waals surface area contributed by atoms with Gasteiger partial charge in [0.15, 0.2) is 5.82 Å². The SMILES string of the molecule is CC(Nc1ccc(N)cc1C(F)F)c1nncn1C. The summed E-state index contributed by atoms with van der Waals surface area (Å²) in [5, 5.41) is 10.7. The van der Waals surface area contributed by atoms with Crippen LogP contribution >= 0.6 is 0 Å². The fourth-order valence-corrected chi connectivity index (χ4v) is 1.88. The van der Waals surface area contributed by atoms with Crippen molar-refractivity contribution in [2.24, 2.45) is 7.05 Å². The van der Waals surface area contributed by atoms with Crippen molar-refractivity contribution in [2.45, 2.75) is 19.4 Å². The number of hydrogen-bond acceptors (Lipinski definition) is 4. The topological polar surface area (TPSA) is 68.8 Å². The van der Waals surface area contributed by atoms with Gasteiger partial charge in [-0.25, -0.2) is 8.78 Å². The third-order valence-electron chi connectivity index (χ3n) is 2.82. The number of nitrogens with zero attached hydrogens (tertiary/aromatic N) is 3. The van der Waals surface area contributed by atoms with Gasteiger partial charge < -0.3 is 15.6 Å². The molecule has 102 valence electrons. The van der Waals surface area contributed by atoms with E-state index in [-0.39, 0.29) is 11.6 Å². The highest BCUT2D eigenvalue weighted by atomic mass is 19.3. The average Bonchev–Trinajstić information content (AvgIpc) is 2.77. The fourth-order valence-electron chi connectivity index (χ4n) is 1.88. The summed E-state index contributed by atoms with van der Waals surface area (Å²) in [7, 11) is 1.80. The van der Waals surface area contributed by atoms with Gasteiger partial charge in [0.1, 0.15) is 6.33 Å². The van der Waals surface area contributed by atoms with E-state index >= 15 is 0 Å². The highest BCUT2D eigenvalue weighted by Gasteiger charge is 2.17. The molecule has 0 aliphatic heterocycles. The molecule has 2 rings (SSSR count). The van der Waals surface area contributed by atoms with E-state index in [1.807, 2.05) is 6.92 Å². The molecule has 2 aromatic rings. The van der Waals surface area contributed by atoms with Gasteiger partial charge in [-0.2, -0.15) is 0 Å². The van der Waals surface area contributed by atoms with Gasteiger partial charge in [0, 0.05) is 24.0 Å². The molecule has 0 aliphatic rings. The van der Waals surface area contributed by atoms with Gasteiger partial charge in [-0.15, -0.1) is 10.2 Å². The third kappa shape index (κ3) is 2.81. The molecule has 0 saturated heterocycles. The molecule has 1 aromatic carbocycles. The molecule has 0 amide bonds. The normalized spacial score (nSPS) is 12.7. The van der Waals surface area contributed by atoms with Crippen LogP contribution in [0.15, 0.2) is 24.5 Å². The lowest BCUT2D eigenvalue weighted by molar-refractivity contribution is 0.152. The second kappa shape index (κ2) is 5.21. The number of nitrogen functional groups attached to an aromatic ring is 1. The van der Waals surface area contributed by atoms with Crippen molar-refractivity contribution in [2.75, 3.05) is 11.1 Å². The highest BCUT2D eigenvalue weighted by Crippen LogP contribution is 2.31. The van der Waals surface area contributed by atoms with Gasteiger partial charge in [-0.05, 0) is 25.1 Å². The van der Waals surface area contributed by atoms with E-state index in [1.165, 1.54) is 6.07 Å². The number of aromatic nitrogens is 3. The first-order chi connectivity index (χ1) is 8.99. The van der Waals surface area contributed by atoms with Crippen molar-refractivity contribution in [3.63, 3.8) is 0 Å². The fraction of sp³-hybridized carbons (Fsp3) is 0.333. The van der Waals surface area contributed by atoms with Crippen molar-refractivity contribution >= 4 is 11.4 Å². The van der Waals surface area contributed by atoms with Crippen molar-refractivity contribution in [1.82, 2.24) is 14.8 Å². The van der Waals surface area contributed by atoms with Crippen LogP contribution in [0.5, 0.6) is 0 Å². The molecule has 1 heterocycles. The monoisotopic (exact) mass is 267 g/mol. The summed E-state index contributed by atoms with van der Waals surface area (Å²) in [4.78, 5) is 0. The van der Waals surface area contributed by atoms with Gasteiger partial charge in [0.25, 0.3) is 6.43 Å². The molecule has 0 saturated carbocycles. The van der Waals surface area contributed by atoms with E-state index in [2.05, 4.69) is 15.5 Å². The van der Waals surface area contributed by atoms with Crippen LogP contribution in [0, 0.1) is 0 Å². The van der Waals surface area contributed by atoms with Crippen LogP contribution < -0.4 is 11.1 Å². The molecular weight excluding hydrogens is 252 g/mol. The standard InChI is InChI=1S/C12H15F2N5/c1-7(12-18-16-6-19(12)2)17-10-4-3-8(15)5-9(10)11(13)14/h3-7,11,17H,15H2,1-2H3. The van der Waals surface area contributed by atoms with Gasteiger partial charge in [-0.1, -0.05) is 0 Å². The Balaban J connectivity index is 2.26. The number of anilines is 2. The summed E-state index contributed by atoms with van der Waals surface area (Å²) in [6, 6.07) is 4.16. The minimum absolute atomic E-state index is 0.117. The second-order valence-corrected chi connectivity index (χ2v) is 4.31. The van der Waals surface area contributed by atoms with E-state index < -0.39 is 6.43 Å². The van der Waals surface area contributed by atoms with Crippen molar-refractivity contribution in [3.8, 4) is 0 Å². The molecule has 5 nitrogen and oxygen atoms in total. The Kier molecular flexibility index (Phi) is 3.64. The predicted molar refractivity (Wildman–Crippen MR) is 68.9 cm³/mol. The van der Waals surface area contributed by atoms with Crippen LogP contribution in [0.25, 0.3) is 0 Å². The molecule has 0 radical (unpaired) electrons. The number of aryl methyl sites for hydroxylation is 1. The molecule has 0 aliphatic carbocycles. The number of hydrogen-bond donors (Lipinski definition) is 2. The number of nitrogens with one attached hydrogen (secondary N) is 1. The zero-order valence-electron chi connectivity index (χ0n) is 10.6. The zero-order chi connectivity index (χ0) is 14.0. The highest BCUT2D eigenvalue weighted by molar-refractivity contribution is 5.59. The Morgan fingerprint density at radius 2 is 2.11 bits per heavy atom. The number of benzene rings is 1. The van der Waals surface area contributed by atoms with Crippen LogP contribution in [0.1, 0.15) is 30.8 Å². The molecule has 0 bridgehead atoms. The lowest BCUT2D eigenvalue weighted by Crippen LogP contribution is -2.13.